The molecule has 0 radical (unpaired) electrons. The van der Waals surface area contributed by atoms with E-state index in [0.29, 0.717) is 35.0 Å². The Morgan fingerprint density at radius 1 is 1.08 bits per heavy atom. The highest BCUT2D eigenvalue weighted by atomic mass is 16.3. The molecule has 9 nitrogen and oxygen atoms in total. The molecule has 1 aliphatic carbocycles. The molecule has 7 rings (SSSR count). The molecule has 2 aromatic heterocycles. The van der Waals surface area contributed by atoms with E-state index in [1.54, 1.807) is 18.2 Å². The van der Waals surface area contributed by atoms with Crippen molar-refractivity contribution in [2.45, 2.75) is 50.6 Å². The summed E-state index contributed by atoms with van der Waals surface area (Å²) >= 11 is 0. The number of nitrogens with zero attached hydrogens (tertiary/aromatic N) is 4. The van der Waals surface area contributed by atoms with Gasteiger partial charge in [-0.2, -0.15) is 0 Å². The Kier molecular flexibility index (Phi) is 6.01. The van der Waals surface area contributed by atoms with E-state index < -0.39 is 0 Å². The number of para-hydroxylation sites is 1. The first-order valence-corrected chi connectivity index (χ1v) is 14.2. The Balaban J connectivity index is 1.01. The molecule has 1 aromatic carbocycles. The number of hydrogen-bond donors (Lipinski definition) is 5. The number of benzene rings is 1. The van der Waals surface area contributed by atoms with Crippen molar-refractivity contribution in [3.8, 4) is 5.75 Å². The fourth-order valence-electron chi connectivity index (χ4n) is 7.10. The van der Waals surface area contributed by atoms with Crippen molar-refractivity contribution in [2.75, 3.05) is 43.4 Å². The van der Waals surface area contributed by atoms with Crippen LogP contribution in [0.2, 0.25) is 0 Å². The van der Waals surface area contributed by atoms with Gasteiger partial charge < -0.3 is 36.7 Å². The van der Waals surface area contributed by atoms with Crippen LogP contribution in [0.1, 0.15) is 59.5 Å². The van der Waals surface area contributed by atoms with Crippen LogP contribution >= 0.6 is 0 Å². The molecule has 1 spiro atoms. The lowest BCUT2D eigenvalue weighted by Gasteiger charge is -2.58. The molecule has 0 unspecified atom stereocenters. The monoisotopic (exact) mass is 526 g/mol. The molecule has 4 aliphatic rings. The van der Waals surface area contributed by atoms with E-state index in [1.807, 2.05) is 24.5 Å². The minimum Gasteiger partial charge on any atom is -0.507 e. The second-order valence-corrected chi connectivity index (χ2v) is 12.0. The van der Waals surface area contributed by atoms with Gasteiger partial charge >= 0.3 is 0 Å². The summed E-state index contributed by atoms with van der Waals surface area (Å²) < 4.78 is 0. The summed E-state index contributed by atoms with van der Waals surface area (Å²) in [6, 6.07) is 7.87. The average Bonchev–Trinajstić information content (AvgIpc) is 3.22. The molecule has 0 atom stereocenters. The topological polar surface area (TPSA) is 132 Å². The summed E-state index contributed by atoms with van der Waals surface area (Å²) in [4.78, 5) is 17.9. The van der Waals surface area contributed by atoms with Crippen molar-refractivity contribution in [3.05, 3.63) is 64.6 Å². The van der Waals surface area contributed by atoms with Crippen molar-refractivity contribution in [2.24, 2.45) is 11.1 Å². The van der Waals surface area contributed by atoms with Crippen molar-refractivity contribution in [1.29, 1.82) is 0 Å². The van der Waals surface area contributed by atoms with Gasteiger partial charge in [0, 0.05) is 79.1 Å². The molecule has 5 heterocycles. The standard InChI is InChI=1S/C30H38N8O/c31-25(22-3-1-2-4-27(22)39)11-23-24-16-38(10-7-26(24)36-28(23)32)29-34-14-20(15-35-29)19-5-8-37(9-6-19)21-12-30(13-21)17-33-18-30/h1-4,11,14-15,19,21,33,36,39H,5-10,12-13,16-18,31-32H2/b25-11-. The van der Waals surface area contributed by atoms with Crippen molar-refractivity contribution in [1.82, 2.24) is 25.2 Å². The van der Waals surface area contributed by atoms with E-state index in [0.717, 1.165) is 41.8 Å². The molecule has 3 fully saturated rings. The van der Waals surface area contributed by atoms with Gasteiger partial charge in [0.05, 0.1) is 0 Å². The minimum atomic E-state index is 0.151. The van der Waals surface area contributed by atoms with E-state index in [9.17, 15) is 5.11 Å². The second-order valence-electron chi connectivity index (χ2n) is 12.0. The van der Waals surface area contributed by atoms with Gasteiger partial charge in [0.15, 0.2) is 0 Å². The number of phenolic OH excluding ortho intramolecular Hbond substituents is 1. The summed E-state index contributed by atoms with van der Waals surface area (Å²) in [5, 5.41) is 13.7. The lowest BCUT2D eigenvalue weighted by atomic mass is 9.61. The maximum absolute atomic E-state index is 10.2. The van der Waals surface area contributed by atoms with E-state index in [-0.39, 0.29) is 5.75 Å². The van der Waals surface area contributed by atoms with Gasteiger partial charge in [0.2, 0.25) is 5.95 Å². The third-order valence-corrected chi connectivity index (χ3v) is 9.56. The number of aromatic amines is 1. The van der Waals surface area contributed by atoms with Gasteiger partial charge in [0.25, 0.3) is 0 Å². The number of fused-ring (bicyclic) bond motifs is 1. The minimum absolute atomic E-state index is 0.151. The lowest BCUT2D eigenvalue weighted by molar-refractivity contribution is -0.0432. The zero-order valence-electron chi connectivity index (χ0n) is 22.4. The number of likely N-dealkylation sites (tertiary alicyclic amines) is 1. The van der Waals surface area contributed by atoms with Gasteiger partial charge in [-0.25, -0.2) is 9.97 Å². The van der Waals surface area contributed by atoms with E-state index >= 15 is 0 Å². The number of rotatable bonds is 5. The van der Waals surface area contributed by atoms with Gasteiger partial charge in [-0.05, 0) is 73.9 Å². The quantitative estimate of drug-likeness (QED) is 0.343. The van der Waals surface area contributed by atoms with Crippen LogP contribution in [0, 0.1) is 5.41 Å². The van der Waals surface area contributed by atoms with Crippen LogP contribution < -0.4 is 21.7 Å². The highest BCUT2D eigenvalue weighted by Crippen LogP contribution is 2.47. The molecule has 9 heteroatoms. The van der Waals surface area contributed by atoms with Crippen LogP contribution in [0.3, 0.4) is 0 Å². The number of piperidine rings is 1. The van der Waals surface area contributed by atoms with Gasteiger partial charge in [-0.1, -0.05) is 12.1 Å². The lowest BCUT2D eigenvalue weighted by Crippen LogP contribution is -2.65. The second kappa shape index (κ2) is 9.57. The Hall–Kier alpha value is -3.56. The van der Waals surface area contributed by atoms with Crippen LogP contribution in [-0.2, 0) is 13.0 Å². The van der Waals surface area contributed by atoms with E-state index in [4.69, 9.17) is 21.4 Å². The zero-order valence-corrected chi connectivity index (χ0v) is 22.4. The smallest absolute Gasteiger partial charge is 0.225 e. The number of nitrogens with one attached hydrogen (secondary N) is 2. The normalized spacial score (nSPS) is 21.9. The van der Waals surface area contributed by atoms with Crippen molar-refractivity contribution >= 4 is 23.5 Å². The number of hydrogen-bond acceptors (Lipinski definition) is 8. The van der Waals surface area contributed by atoms with Crippen LogP contribution in [0.15, 0.2) is 36.7 Å². The Bertz CT molecular complexity index is 1380. The van der Waals surface area contributed by atoms with Crippen molar-refractivity contribution < 1.29 is 5.11 Å². The summed E-state index contributed by atoms with van der Waals surface area (Å²) in [7, 11) is 0. The third kappa shape index (κ3) is 4.43. The molecular formula is C30H38N8O. The summed E-state index contributed by atoms with van der Waals surface area (Å²) in [6.45, 7) is 6.29. The summed E-state index contributed by atoms with van der Waals surface area (Å²) in [5.41, 5.74) is 18.8. The first kappa shape index (κ1) is 24.5. The Morgan fingerprint density at radius 2 is 1.82 bits per heavy atom. The van der Waals surface area contributed by atoms with Crippen molar-refractivity contribution in [3.63, 3.8) is 0 Å². The molecule has 3 aliphatic heterocycles. The van der Waals surface area contributed by atoms with Crippen LogP contribution in [0.4, 0.5) is 11.8 Å². The van der Waals surface area contributed by atoms with Crippen LogP contribution in [-0.4, -0.2) is 63.7 Å². The number of H-pyrrole nitrogens is 1. The number of aromatic nitrogens is 3. The Morgan fingerprint density at radius 3 is 2.51 bits per heavy atom. The molecule has 39 heavy (non-hydrogen) atoms. The molecule has 3 aromatic rings. The highest BCUT2D eigenvalue weighted by molar-refractivity contribution is 5.86. The van der Waals surface area contributed by atoms with Gasteiger partial charge in [-0.15, -0.1) is 0 Å². The summed E-state index contributed by atoms with van der Waals surface area (Å²) in [6.07, 6.45) is 11.9. The molecular weight excluding hydrogens is 488 g/mol. The zero-order chi connectivity index (χ0) is 26.6. The fourth-order valence-corrected chi connectivity index (χ4v) is 7.10. The van der Waals surface area contributed by atoms with E-state index in [1.165, 1.54) is 57.4 Å². The maximum atomic E-state index is 10.2. The Labute approximate surface area is 229 Å². The number of nitrogens with two attached hydrogens (primary N) is 2. The predicted octanol–water partition coefficient (Wildman–Crippen LogP) is 3.04. The average molecular weight is 527 g/mol. The first-order chi connectivity index (χ1) is 19.0. The molecule has 7 N–H and O–H groups in total. The van der Waals surface area contributed by atoms with Gasteiger partial charge in [-0.3, -0.25) is 0 Å². The highest BCUT2D eigenvalue weighted by Gasteiger charge is 2.50. The maximum Gasteiger partial charge on any atom is 0.225 e. The van der Waals surface area contributed by atoms with Crippen LogP contribution in [0.5, 0.6) is 5.75 Å². The van der Waals surface area contributed by atoms with Gasteiger partial charge in [0.1, 0.15) is 11.6 Å². The first-order valence-electron chi connectivity index (χ1n) is 14.2. The molecule has 2 saturated heterocycles. The molecule has 1 saturated carbocycles. The largest absolute Gasteiger partial charge is 0.507 e. The third-order valence-electron chi connectivity index (χ3n) is 9.56. The number of aromatic hydroxyl groups is 1. The number of nitrogen functional groups attached to an aromatic ring is 1. The van der Waals surface area contributed by atoms with Crippen LogP contribution in [0.25, 0.3) is 11.8 Å². The number of anilines is 2. The SMILES string of the molecule is N/C(=C\c1c(N)[nH]c2c1CN(c1ncc(C3CCN(C4CC5(CNC5)C4)CC3)cn1)CC2)c1ccccc1O. The molecule has 0 amide bonds. The molecule has 204 valence electrons. The summed E-state index contributed by atoms with van der Waals surface area (Å²) in [5.74, 6) is 2.03. The predicted molar refractivity (Wildman–Crippen MR) is 154 cm³/mol. The fraction of sp³-hybridized carbons (Fsp3) is 0.467. The van der Waals surface area contributed by atoms with E-state index in [2.05, 4.69) is 20.1 Å². The number of phenols is 1. The molecule has 0 bridgehead atoms.